The van der Waals surface area contributed by atoms with Crippen LogP contribution in [0, 0.1) is 0 Å². The zero-order valence-electron chi connectivity index (χ0n) is 9.10. The van der Waals surface area contributed by atoms with Crippen LogP contribution in [0.4, 0.5) is 0 Å². The largest absolute Gasteiger partial charge is 0.0991 e. The lowest BCUT2D eigenvalue weighted by atomic mass is 10.1. The lowest BCUT2D eigenvalue weighted by Crippen LogP contribution is -1.78. The van der Waals surface area contributed by atoms with E-state index in [-0.39, 0.29) is 0 Å². The second kappa shape index (κ2) is 11.5. The fraction of sp³-hybridized carbons (Fsp3) is 0.692. The molecule has 0 nitrogen and oxygen atoms in total. The van der Waals surface area contributed by atoms with Crippen LogP contribution in [0.15, 0.2) is 24.8 Å². The summed E-state index contributed by atoms with van der Waals surface area (Å²) < 4.78 is 0. The number of rotatable bonds is 9. The zero-order chi connectivity index (χ0) is 9.78. The Labute approximate surface area is 83.7 Å². The fourth-order valence-corrected chi connectivity index (χ4v) is 1.41. The molecule has 0 unspecified atom stereocenters. The maximum Gasteiger partial charge on any atom is -0.0348 e. The molecule has 0 bridgehead atoms. The molecule has 0 aliphatic heterocycles. The van der Waals surface area contributed by atoms with E-state index in [0.29, 0.717) is 0 Å². The first-order chi connectivity index (χ1) is 6.41. The van der Waals surface area contributed by atoms with Crippen molar-refractivity contribution in [3.63, 3.8) is 0 Å². The van der Waals surface area contributed by atoms with E-state index in [4.69, 9.17) is 0 Å². The molecule has 0 radical (unpaired) electrons. The van der Waals surface area contributed by atoms with Gasteiger partial charge >= 0.3 is 0 Å². The van der Waals surface area contributed by atoms with Gasteiger partial charge in [-0.15, -0.1) is 0 Å². The summed E-state index contributed by atoms with van der Waals surface area (Å²) in [6.07, 6.45) is 17.1. The average molecular weight is 180 g/mol. The summed E-state index contributed by atoms with van der Waals surface area (Å²) in [6.45, 7) is 5.91. The van der Waals surface area contributed by atoms with Crippen molar-refractivity contribution in [3.05, 3.63) is 24.8 Å². The summed E-state index contributed by atoms with van der Waals surface area (Å²) >= 11 is 0. The van der Waals surface area contributed by atoms with Crippen molar-refractivity contribution in [1.29, 1.82) is 0 Å². The van der Waals surface area contributed by atoms with Gasteiger partial charge in [-0.1, -0.05) is 70.3 Å². The van der Waals surface area contributed by atoms with Gasteiger partial charge in [-0.25, -0.2) is 0 Å². The molecule has 0 saturated heterocycles. The highest BCUT2D eigenvalue weighted by Crippen LogP contribution is 2.08. The van der Waals surface area contributed by atoms with Crippen LogP contribution in [-0.4, -0.2) is 0 Å². The number of hydrogen-bond donors (Lipinski definition) is 0. The maximum absolute atomic E-state index is 3.64. The summed E-state index contributed by atoms with van der Waals surface area (Å²) in [5.74, 6) is 0. The molecular weight excluding hydrogens is 156 g/mol. The Morgan fingerprint density at radius 3 is 2.15 bits per heavy atom. The van der Waals surface area contributed by atoms with Crippen molar-refractivity contribution in [3.8, 4) is 0 Å². The van der Waals surface area contributed by atoms with Crippen LogP contribution in [-0.2, 0) is 0 Å². The molecule has 0 aliphatic rings. The summed E-state index contributed by atoms with van der Waals surface area (Å²) in [7, 11) is 0. The first-order valence-corrected chi connectivity index (χ1v) is 5.69. The van der Waals surface area contributed by atoms with Gasteiger partial charge in [0.1, 0.15) is 0 Å². The Bertz CT molecular complexity index is 122. The van der Waals surface area contributed by atoms with E-state index in [9.17, 15) is 0 Å². The summed E-state index contributed by atoms with van der Waals surface area (Å²) in [6, 6.07) is 0. The highest BCUT2D eigenvalue weighted by atomic mass is 13.9. The molecule has 0 heteroatoms. The Kier molecular flexibility index (Phi) is 11.0. The number of unbranched alkanes of at least 4 members (excludes halogenated alkanes) is 7. The second-order valence-corrected chi connectivity index (χ2v) is 3.57. The van der Waals surface area contributed by atoms with Crippen LogP contribution in [0.5, 0.6) is 0 Å². The third-order valence-electron chi connectivity index (χ3n) is 2.25. The van der Waals surface area contributed by atoms with Gasteiger partial charge < -0.3 is 0 Å². The van der Waals surface area contributed by atoms with Gasteiger partial charge in [-0.05, 0) is 12.8 Å². The van der Waals surface area contributed by atoms with E-state index in [1.165, 1.54) is 51.4 Å². The van der Waals surface area contributed by atoms with Crippen LogP contribution >= 0.6 is 0 Å². The van der Waals surface area contributed by atoms with E-state index in [1.54, 1.807) is 0 Å². The van der Waals surface area contributed by atoms with Gasteiger partial charge in [0.15, 0.2) is 0 Å². The molecule has 0 aromatic rings. The standard InChI is InChI=1S/C13H24/c1-3-5-7-9-11-13-12-10-8-6-4-2/h3,5,7H,1,4,6,8-13H2,2H3/b7-5+. The van der Waals surface area contributed by atoms with Gasteiger partial charge in [-0.3, -0.25) is 0 Å². The first kappa shape index (κ1) is 12.5. The molecule has 0 fully saturated rings. The molecule has 0 spiro atoms. The van der Waals surface area contributed by atoms with Crippen molar-refractivity contribution in [2.24, 2.45) is 0 Å². The third-order valence-corrected chi connectivity index (χ3v) is 2.25. The molecule has 0 heterocycles. The van der Waals surface area contributed by atoms with Gasteiger partial charge in [0.2, 0.25) is 0 Å². The van der Waals surface area contributed by atoms with Gasteiger partial charge in [0.25, 0.3) is 0 Å². The fourth-order valence-electron chi connectivity index (χ4n) is 1.41. The topological polar surface area (TPSA) is 0 Å². The number of hydrogen-bond acceptors (Lipinski definition) is 0. The SMILES string of the molecule is C=C/C=C/CCCCCCCCC. The monoisotopic (exact) mass is 180 g/mol. The minimum Gasteiger partial charge on any atom is -0.0991 e. The van der Waals surface area contributed by atoms with Crippen LogP contribution in [0.3, 0.4) is 0 Å². The Morgan fingerprint density at radius 1 is 0.923 bits per heavy atom. The minimum absolute atomic E-state index is 1.22. The highest BCUT2D eigenvalue weighted by molar-refractivity contribution is 4.96. The summed E-state index contributed by atoms with van der Waals surface area (Å²) in [5.41, 5.74) is 0. The van der Waals surface area contributed by atoms with E-state index < -0.39 is 0 Å². The third kappa shape index (κ3) is 11.5. The van der Waals surface area contributed by atoms with Gasteiger partial charge in [0.05, 0.1) is 0 Å². The lowest BCUT2D eigenvalue weighted by Gasteiger charge is -1.98. The smallest absolute Gasteiger partial charge is 0.0348 e. The lowest BCUT2D eigenvalue weighted by molar-refractivity contribution is 0.592. The maximum atomic E-state index is 3.64. The molecule has 0 saturated carbocycles. The second-order valence-electron chi connectivity index (χ2n) is 3.57. The van der Waals surface area contributed by atoms with Crippen LogP contribution in [0.2, 0.25) is 0 Å². The molecule has 0 amide bonds. The van der Waals surface area contributed by atoms with E-state index in [0.717, 1.165) is 0 Å². The predicted molar refractivity (Wildman–Crippen MR) is 61.9 cm³/mol. The Hall–Kier alpha value is -0.520. The van der Waals surface area contributed by atoms with E-state index in [1.807, 2.05) is 12.2 Å². The van der Waals surface area contributed by atoms with Gasteiger partial charge in [-0.2, -0.15) is 0 Å². The molecule has 0 aliphatic carbocycles. The molecule has 76 valence electrons. The minimum atomic E-state index is 1.22. The first-order valence-electron chi connectivity index (χ1n) is 5.69. The Balaban J connectivity index is 2.91. The van der Waals surface area contributed by atoms with Crippen LogP contribution in [0.25, 0.3) is 0 Å². The molecular formula is C13H24. The van der Waals surface area contributed by atoms with Crippen molar-refractivity contribution >= 4 is 0 Å². The quantitative estimate of drug-likeness (QED) is 0.351. The zero-order valence-corrected chi connectivity index (χ0v) is 9.10. The summed E-state index contributed by atoms with van der Waals surface area (Å²) in [5, 5.41) is 0. The molecule has 0 aromatic heterocycles. The van der Waals surface area contributed by atoms with E-state index >= 15 is 0 Å². The van der Waals surface area contributed by atoms with Crippen molar-refractivity contribution in [1.82, 2.24) is 0 Å². The molecule has 0 aromatic carbocycles. The van der Waals surface area contributed by atoms with Gasteiger partial charge in [0, 0.05) is 0 Å². The van der Waals surface area contributed by atoms with E-state index in [2.05, 4.69) is 19.6 Å². The van der Waals surface area contributed by atoms with Crippen molar-refractivity contribution in [2.45, 2.75) is 58.3 Å². The molecule has 13 heavy (non-hydrogen) atoms. The molecule has 0 atom stereocenters. The van der Waals surface area contributed by atoms with Crippen LogP contribution in [0.1, 0.15) is 58.3 Å². The molecule has 0 rings (SSSR count). The molecule has 0 N–H and O–H groups in total. The predicted octanol–water partition coefficient (Wildman–Crippen LogP) is 4.87. The number of allylic oxidation sites excluding steroid dienone is 3. The van der Waals surface area contributed by atoms with Crippen molar-refractivity contribution < 1.29 is 0 Å². The van der Waals surface area contributed by atoms with Crippen molar-refractivity contribution in [2.75, 3.05) is 0 Å². The highest BCUT2D eigenvalue weighted by Gasteiger charge is 1.88. The Morgan fingerprint density at radius 2 is 1.54 bits per heavy atom. The average Bonchev–Trinajstić information content (AvgIpc) is 2.16. The normalized spacial score (nSPS) is 10.8. The van der Waals surface area contributed by atoms with Crippen LogP contribution < -0.4 is 0 Å². The summed E-state index contributed by atoms with van der Waals surface area (Å²) in [4.78, 5) is 0.